The van der Waals surface area contributed by atoms with Crippen LogP contribution in [0.25, 0.3) is 0 Å². The van der Waals surface area contributed by atoms with Crippen LogP contribution in [0.4, 0.5) is 4.79 Å². The van der Waals surface area contributed by atoms with Gasteiger partial charge in [-0.15, -0.1) is 0 Å². The molecule has 0 radical (unpaired) electrons. The number of amides is 4. The van der Waals surface area contributed by atoms with Gasteiger partial charge >= 0.3 is 6.03 Å². The molecule has 4 rings (SSSR count). The van der Waals surface area contributed by atoms with Gasteiger partial charge < -0.3 is 10.2 Å². The molecule has 4 amide bonds. The summed E-state index contributed by atoms with van der Waals surface area (Å²) in [6.07, 6.45) is 2.09. The van der Waals surface area contributed by atoms with E-state index in [1.54, 1.807) is 17.0 Å². The van der Waals surface area contributed by atoms with Crippen LogP contribution in [0.5, 0.6) is 0 Å². The summed E-state index contributed by atoms with van der Waals surface area (Å²) < 4.78 is 0. The normalized spacial score (nSPS) is 25.7. The van der Waals surface area contributed by atoms with Gasteiger partial charge in [0.05, 0.1) is 10.0 Å². The number of urea groups is 1. The van der Waals surface area contributed by atoms with Gasteiger partial charge in [0.25, 0.3) is 5.91 Å². The minimum Gasteiger partial charge on any atom is -0.334 e. The fraction of sp³-hybridized carbons (Fsp3) is 0.500. The van der Waals surface area contributed by atoms with E-state index >= 15 is 0 Å². The Balaban J connectivity index is 1.49. The molecule has 3 aliphatic rings. The quantitative estimate of drug-likeness (QED) is 0.769. The van der Waals surface area contributed by atoms with Crippen LogP contribution in [0, 0.1) is 11.8 Å². The first-order chi connectivity index (χ1) is 12.3. The summed E-state index contributed by atoms with van der Waals surface area (Å²) in [4.78, 5) is 38.7. The molecule has 2 N–H and O–H groups in total. The summed E-state index contributed by atoms with van der Waals surface area (Å²) in [5.74, 6) is -0.632. The lowest BCUT2D eigenvalue weighted by Gasteiger charge is -2.30. The summed E-state index contributed by atoms with van der Waals surface area (Å²) in [5.41, 5.74) is 1.03. The Morgan fingerprint density at radius 3 is 2.27 bits per heavy atom. The number of benzene rings is 1. The SMILES string of the molecule is C[C@H](C[C@@]1(C2CC2)NC(=O)NC1=O)C(=O)N1Cc2cc(Cl)c(Cl)cc2C1. The minimum atomic E-state index is -0.953. The minimum absolute atomic E-state index is 0.0394. The van der Waals surface area contributed by atoms with E-state index in [9.17, 15) is 14.4 Å². The van der Waals surface area contributed by atoms with E-state index in [4.69, 9.17) is 23.2 Å². The fourth-order valence-corrected chi connectivity index (χ4v) is 4.48. The second-order valence-corrected chi connectivity index (χ2v) is 8.30. The zero-order valence-electron chi connectivity index (χ0n) is 14.3. The molecule has 6 nitrogen and oxygen atoms in total. The molecule has 1 aromatic carbocycles. The third-order valence-electron chi connectivity index (χ3n) is 5.57. The van der Waals surface area contributed by atoms with Gasteiger partial charge in [-0.1, -0.05) is 30.1 Å². The van der Waals surface area contributed by atoms with Crippen molar-refractivity contribution in [1.82, 2.24) is 15.5 Å². The maximum Gasteiger partial charge on any atom is 0.322 e. The summed E-state index contributed by atoms with van der Waals surface area (Å²) in [6, 6.07) is 3.13. The Kier molecular flexibility index (Phi) is 4.15. The maximum atomic E-state index is 13.0. The number of carbonyl (C=O) groups excluding carboxylic acids is 3. The molecular weight excluding hydrogens is 377 g/mol. The van der Waals surface area contributed by atoms with Crippen LogP contribution in [-0.4, -0.2) is 28.3 Å². The van der Waals surface area contributed by atoms with E-state index in [1.165, 1.54) is 0 Å². The van der Waals surface area contributed by atoms with E-state index in [0.29, 0.717) is 29.6 Å². The zero-order chi connectivity index (χ0) is 18.6. The van der Waals surface area contributed by atoms with Gasteiger partial charge in [-0.2, -0.15) is 0 Å². The van der Waals surface area contributed by atoms with Crippen molar-refractivity contribution >= 4 is 41.0 Å². The molecule has 0 unspecified atom stereocenters. The largest absolute Gasteiger partial charge is 0.334 e. The lowest BCUT2D eigenvalue weighted by Crippen LogP contribution is -2.51. The van der Waals surface area contributed by atoms with Crippen molar-refractivity contribution in [1.29, 1.82) is 0 Å². The number of rotatable bonds is 4. The topological polar surface area (TPSA) is 78.5 Å². The van der Waals surface area contributed by atoms with Gasteiger partial charge in [0.1, 0.15) is 5.54 Å². The lowest BCUT2D eigenvalue weighted by atomic mass is 9.83. The van der Waals surface area contributed by atoms with Crippen LogP contribution < -0.4 is 10.6 Å². The fourth-order valence-electron chi connectivity index (χ4n) is 4.11. The number of imide groups is 1. The number of halogens is 2. The van der Waals surface area contributed by atoms with Crippen LogP contribution in [0.3, 0.4) is 0 Å². The average Bonchev–Trinajstić information content (AvgIpc) is 3.29. The number of hydrogen-bond acceptors (Lipinski definition) is 3. The standard InChI is InChI=1S/C18H19Cl2N3O3/c1-9(6-18(12-2-3-12)16(25)21-17(26)22-18)15(24)23-7-10-4-13(19)14(20)5-11(10)8-23/h4-5,9,12H,2-3,6-8H2,1H3,(H2,21,22,25,26)/t9-,18+/m1/s1. The van der Waals surface area contributed by atoms with E-state index in [-0.39, 0.29) is 23.7 Å². The number of hydrogen-bond donors (Lipinski definition) is 2. The second kappa shape index (κ2) is 6.13. The van der Waals surface area contributed by atoms with Gasteiger partial charge in [0.2, 0.25) is 5.91 Å². The molecule has 1 saturated carbocycles. The Labute approximate surface area is 161 Å². The molecule has 0 bridgehead atoms. The molecule has 138 valence electrons. The molecule has 0 aromatic heterocycles. The average molecular weight is 396 g/mol. The highest BCUT2D eigenvalue weighted by Crippen LogP contribution is 2.45. The molecule has 26 heavy (non-hydrogen) atoms. The number of nitrogens with zero attached hydrogens (tertiary/aromatic N) is 1. The monoisotopic (exact) mass is 395 g/mol. The lowest BCUT2D eigenvalue weighted by molar-refractivity contribution is -0.137. The molecule has 8 heteroatoms. The number of nitrogens with one attached hydrogen (secondary N) is 2. The van der Waals surface area contributed by atoms with Crippen molar-refractivity contribution < 1.29 is 14.4 Å². The van der Waals surface area contributed by atoms with Crippen LogP contribution in [0.2, 0.25) is 10.0 Å². The first kappa shape index (κ1) is 17.6. The van der Waals surface area contributed by atoms with Crippen LogP contribution in [0.1, 0.15) is 37.3 Å². The first-order valence-corrected chi connectivity index (χ1v) is 9.45. The van der Waals surface area contributed by atoms with Crippen molar-refractivity contribution in [2.75, 3.05) is 0 Å². The molecule has 1 aromatic rings. The predicted molar refractivity (Wildman–Crippen MR) is 96.6 cm³/mol. The molecule has 2 fully saturated rings. The predicted octanol–water partition coefficient (Wildman–Crippen LogP) is 2.85. The van der Waals surface area contributed by atoms with E-state index in [0.717, 1.165) is 24.0 Å². The van der Waals surface area contributed by atoms with E-state index in [2.05, 4.69) is 10.6 Å². The van der Waals surface area contributed by atoms with Crippen molar-refractivity contribution in [2.24, 2.45) is 11.8 Å². The first-order valence-electron chi connectivity index (χ1n) is 8.69. The van der Waals surface area contributed by atoms with Gasteiger partial charge in [-0.25, -0.2) is 4.79 Å². The molecular formula is C18H19Cl2N3O3. The van der Waals surface area contributed by atoms with Gasteiger partial charge in [0, 0.05) is 19.0 Å². The van der Waals surface area contributed by atoms with Crippen molar-refractivity contribution in [3.63, 3.8) is 0 Å². The summed E-state index contributed by atoms with van der Waals surface area (Å²) >= 11 is 12.1. The van der Waals surface area contributed by atoms with Gasteiger partial charge in [-0.3, -0.25) is 14.9 Å². The Morgan fingerprint density at radius 2 is 1.81 bits per heavy atom. The molecule has 2 heterocycles. The summed E-state index contributed by atoms with van der Waals surface area (Å²) in [6.45, 7) is 2.77. The Morgan fingerprint density at radius 1 is 1.23 bits per heavy atom. The molecule has 1 saturated heterocycles. The highest BCUT2D eigenvalue weighted by molar-refractivity contribution is 6.42. The van der Waals surface area contributed by atoms with Crippen molar-refractivity contribution in [3.05, 3.63) is 33.3 Å². The van der Waals surface area contributed by atoms with Gasteiger partial charge in [-0.05, 0) is 48.4 Å². The second-order valence-electron chi connectivity index (χ2n) is 7.49. The Bertz CT molecular complexity index is 793. The molecule has 2 atom stereocenters. The van der Waals surface area contributed by atoms with Crippen molar-refractivity contribution in [3.8, 4) is 0 Å². The summed E-state index contributed by atoms with van der Waals surface area (Å²) in [5, 5.41) is 6.06. The third kappa shape index (κ3) is 2.85. The van der Waals surface area contributed by atoms with Crippen molar-refractivity contribution in [2.45, 2.75) is 44.8 Å². The van der Waals surface area contributed by atoms with Crippen LogP contribution in [-0.2, 0) is 22.7 Å². The molecule has 0 spiro atoms. The highest BCUT2D eigenvalue weighted by atomic mass is 35.5. The van der Waals surface area contributed by atoms with E-state index in [1.807, 2.05) is 6.92 Å². The third-order valence-corrected chi connectivity index (χ3v) is 6.29. The Hall–Kier alpha value is -1.79. The highest BCUT2D eigenvalue weighted by Gasteiger charge is 2.56. The van der Waals surface area contributed by atoms with Gasteiger partial charge in [0.15, 0.2) is 0 Å². The number of carbonyl (C=O) groups is 3. The summed E-state index contributed by atoms with van der Waals surface area (Å²) in [7, 11) is 0. The van der Waals surface area contributed by atoms with Crippen LogP contribution in [0.15, 0.2) is 12.1 Å². The van der Waals surface area contributed by atoms with Crippen LogP contribution >= 0.6 is 23.2 Å². The maximum absolute atomic E-state index is 13.0. The molecule has 1 aliphatic carbocycles. The molecule has 2 aliphatic heterocycles. The zero-order valence-corrected chi connectivity index (χ0v) is 15.8. The number of fused-ring (bicyclic) bond motifs is 1. The smallest absolute Gasteiger partial charge is 0.322 e. The van der Waals surface area contributed by atoms with E-state index < -0.39 is 11.6 Å².